The Hall–Kier alpha value is -1.86. The molecule has 0 spiro atoms. The summed E-state index contributed by atoms with van der Waals surface area (Å²) in [6.07, 6.45) is 4.76. The van der Waals surface area contributed by atoms with Gasteiger partial charge in [-0.05, 0) is 24.3 Å². The van der Waals surface area contributed by atoms with Crippen LogP contribution in [0.1, 0.15) is 17.9 Å². The summed E-state index contributed by atoms with van der Waals surface area (Å²) in [5.74, 6) is 2.44. The fourth-order valence-corrected chi connectivity index (χ4v) is 4.78. The van der Waals surface area contributed by atoms with E-state index in [1.54, 1.807) is 36.5 Å². The molecule has 1 aliphatic rings. The van der Waals surface area contributed by atoms with Crippen molar-refractivity contribution in [3.63, 3.8) is 0 Å². The molecule has 0 bridgehead atoms. The van der Waals surface area contributed by atoms with Crippen molar-refractivity contribution in [3.8, 4) is 5.75 Å². The second-order valence-corrected chi connectivity index (χ2v) is 7.76. The Morgan fingerprint density at radius 3 is 3.00 bits per heavy atom. The first-order valence-corrected chi connectivity index (χ1v) is 9.87. The van der Waals surface area contributed by atoms with Crippen LogP contribution in [0.15, 0.2) is 34.9 Å². The molecule has 0 radical (unpaired) electrons. The summed E-state index contributed by atoms with van der Waals surface area (Å²) in [7, 11) is 1.74. The van der Waals surface area contributed by atoms with Crippen LogP contribution in [-0.2, 0) is 0 Å². The minimum Gasteiger partial charge on any atom is -0.496 e. The number of hydrogen-bond donors (Lipinski definition) is 0. The van der Waals surface area contributed by atoms with Crippen LogP contribution in [0.2, 0.25) is 0 Å². The lowest BCUT2D eigenvalue weighted by atomic mass is 9.97. The Balaban J connectivity index is 1.64. The third-order valence-electron chi connectivity index (χ3n) is 4.39. The van der Waals surface area contributed by atoms with Crippen molar-refractivity contribution >= 4 is 39.3 Å². The number of aromatic nitrogens is 3. The minimum absolute atomic E-state index is 0.458. The molecule has 1 aromatic carbocycles. The molecule has 0 amide bonds. The van der Waals surface area contributed by atoms with Gasteiger partial charge in [0.15, 0.2) is 15.8 Å². The lowest BCUT2D eigenvalue weighted by molar-refractivity contribution is 0.406. The van der Waals surface area contributed by atoms with Gasteiger partial charge in [0.2, 0.25) is 0 Å². The molecule has 3 aromatic rings. The minimum atomic E-state index is 0.458. The molecule has 2 aromatic heterocycles. The highest BCUT2D eigenvalue weighted by Gasteiger charge is 2.28. The van der Waals surface area contributed by atoms with E-state index >= 15 is 0 Å². The molecule has 1 saturated heterocycles. The molecule has 3 heterocycles. The second kappa shape index (κ2) is 6.57. The van der Waals surface area contributed by atoms with E-state index in [1.807, 2.05) is 18.4 Å². The van der Waals surface area contributed by atoms with E-state index in [-0.39, 0.29) is 0 Å². The fraction of sp³-hybridized carbons (Fsp3) is 0.353. The van der Waals surface area contributed by atoms with Crippen LogP contribution in [0.3, 0.4) is 0 Å². The van der Waals surface area contributed by atoms with Gasteiger partial charge in [-0.3, -0.25) is 0 Å². The maximum Gasteiger partial charge on any atom is 0.176 e. The Morgan fingerprint density at radius 1 is 1.29 bits per heavy atom. The van der Waals surface area contributed by atoms with Crippen LogP contribution >= 0.6 is 23.1 Å². The molecule has 0 saturated carbocycles. The maximum atomic E-state index is 5.53. The molecule has 1 unspecified atom stereocenters. The van der Waals surface area contributed by atoms with Gasteiger partial charge in [-0.1, -0.05) is 30.0 Å². The zero-order valence-electron chi connectivity index (χ0n) is 13.6. The van der Waals surface area contributed by atoms with Crippen LogP contribution in [0.25, 0.3) is 10.3 Å². The average Bonchev–Trinajstić information content (AvgIpc) is 3.28. The maximum absolute atomic E-state index is 5.53. The summed E-state index contributed by atoms with van der Waals surface area (Å²) in [5.41, 5.74) is 2.08. The lowest BCUT2D eigenvalue weighted by Crippen LogP contribution is -2.20. The first-order valence-electron chi connectivity index (χ1n) is 7.83. The summed E-state index contributed by atoms with van der Waals surface area (Å²) in [6.45, 7) is 1.93. The lowest BCUT2D eigenvalue weighted by Gasteiger charge is -2.18. The zero-order valence-corrected chi connectivity index (χ0v) is 15.2. The van der Waals surface area contributed by atoms with Gasteiger partial charge in [-0.25, -0.2) is 15.0 Å². The zero-order chi connectivity index (χ0) is 16.5. The molecule has 1 atom stereocenters. The smallest absolute Gasteiger partial charge is 0.176 e. The number of rotatable bonds is 4. The summed E-state index contributed by atoms with van der Waals surface area (Å²) in [6, 6.07) is 8.30. The van der Waals surface area contributed by atoms with Gasteiger partial charge in [-0.15, -0.1) is 11.3 Å². The summed E-state index contributed by atoms with van der Waals surface area (Å²) in [4.78, 5) is 15.8. The van der Waals surface area contributed by atoms with Gasteiger partial charge < -0.3 is 9.64 Å². The second-order valence-electron chi connectivity index (χ2n) is 5.71. The van der Waals surface area contributed by atoms with Gasteiger partial charge in [0.25, 0.3) is 0 Å². The number of thiazole rings is 1. The van der Waals surface area contributed by atoms with E-state index in [9.17, 15) is 0 Å². The third kappa shape index (κ3) is 2.71. The van der Waals surface area contributed by atoms with E-state index < -0.39 is 0 Å². The molecular weight excluding hydrogens is 340 g/mol. The van der Waals surface area contributed by atoms with Crippen molar-refractivity contribution in [1.82, 2.24) is 15.0 Å². The molecule has 5 nitrogen and oxygen atoms in total. The third-order valence-corrected chi connectivity index (χ3v) is 6.42. The predicted molar refractivity (Wildman–Crippen MR) is 99.6 cm³/mol. The van der Waals surface area contributed by atoms with Gasteiger partial charge in [0, 0.05) is 19.0 Å². The van der Waals surface area contributed by atoms with Crippen LogP contribution in [0.5, 0.6) is 5.75 Å². The summed E-state index contributed by atoms with van der Waals surface area (Å²) >= 11 is 3.33. The molecule has 0 aliphatic carbocycles. The molecule has 1 aliphatic heterocycles. The predicted octanol–water partition coefficient (Wildman–Crippen LogP) is 3.81. The van der Waals surface area contributed by atoms with Crippen LogP contribution in [0.4, 0.5) is 5.82 Å². The summed E-state index contributed by atoms with van der Waals surface area (Å²) < 4.78 is 7.65. The fourth-order valence-electron chi connectivity index (χ4n) is 3.25. The highest BCUT2D eigenvalue weighted by molar-refractivity contribution is 8.00. The Morgan fingerprint density at radius 2 is 2.17 bits per heavy atom. The number of thioether (sulfide) groups is 1. The molecule has 24 heavy (non-hydrogen) atoms. The first kappa shape index (κ1) is 15.7. The van der Waals surface area contributed by atoms with Crippen molar-refractivity contribution < 1.29 is 4.74 Å². The summed E-state index contributed by atoms with van der Waals surface area (Å²) in [5, 5.41) is 0. The number of methoxy groups -OCH3 is 1. The Labute approximate surface area is 149 Å². The Bertz CT molecular complexity index is 867. The van der Waals surface area contributed by atoms with E-state index in [1.165, 1.54) is 5.56 Å². The van der Waals surface area contributed by atoms with Gasteiger partial charge in [0.05, 0.1) is 7.11 Å². The van der Waals surface area contributed by atoms with E-state index in [0.29, 0.717) is 5.92 Å². The molecule has 0 N–H and O–H groups in total. The molecule has 124 valence electrons. The van der Waals surface area contributed by atoms with Crippen LogP contribution in [0, 0.1) is 0 Å². The number of nitrogens with zero attached hydrogens (tertiary/aromatic N) is 4. The van der Waals surface area contributed by atoms with Gasteiger partial charge >= 0.3 is 0 Å². The van der Waals surface area contributed by atoms with Gasteiger partial charge in [-0.2, -0.15) is 0 Å². The standard InChI is InChI=1S/C17H18N4OS2/c1-22-13-6-4-3-5-12(13)11-7-8-21(9-11)16-14-15(18-10-19-16)20-17(23-2)24-14/h3-6,10-11H,7-9H2,1-2H3. The SMILES string of the molecule is COc1ccccc1C1CCN(c2ncnc3nc(SC)sc23)C1. The van der Waals surface area contributed by atoms with E-state index in [0.717, 1.165) is 45.8 Å². The number of ether oxygens (including phenoxy) is 1. The van der Waals surface area contributed by atoms with Crippen molar-refractivity contribution in [2.75, 3.05) is 31.4 Å². The van der Waals surface area contributed by atoms with Crippen molar-refractivity contribution in [3.05, 3.63) is 36.2 Å². The topological polar surface area (TPSA) is 51.1 Å². The Kier molecular flexibility index (Phi) is 4.28. The van der Waals surface area contributed by atoms with Crippen molar-refractivity contribution in [2.45, 2.75) is 16.7 Å². The van der Waals surface area contributed by atoms with Crippen LogP contribution < -0.4 is 9.64 Å². The number of para-hydroxylation sites is 1. The molecule has 1 fully saturated rings. The van der Waals surface area contributed by atoms with Gasteiger partial charge in [0.1, 0.15) is 16.8 Å². The monoisotopic (exact) mass is 358 g/mol. The first-order chi connectivity index (χ1) is 11.8. The number of benzene rings is 1. The average molecular weight is 358 g/mol. The largest absolute Gasteiger partial charge is 0.496 e. The molecular formula is C17H18N4OS2. The molecule has 4 rings (SSSR count). The van der Waals surface area contributed by atoms with E-state index in [2.05, 4.69) is 32.0 Å². The van der Waals surface area contributed by atoms with Crippen LogP contribution in [-0.4, -0.2) is 41.4 Å². The quantitative estimate of drug-likeness (QED) is 0.661. The number of fused-ring (bicyclic) bond motifs is 1. The molecule has 7 heteroatoms. The van der Waals surface area contributed by atoms with Crippen molar-refractivity contribution in [2.24, 2.45) is 0 Å². The van der Waals surface area contributed by atoms with Crippen molar-refractivity contribution in [1.29, 1.82) is 0 Å². The number of hydrogen-bond acceptors (Lipinski definition) is 7. The highest BCUT2D eigenvalue weighted by Crippen LogP contribution is 2.38. The van der Waals surface area contributed by atoms with E-state index in [4.69, 9.17) is 4.74 Å². The highest BCUT2D eigenvalue weighted by atomic mass is 32.2. The number of anilines is 1. The normalized spacial score (nSPS) is 17.6.